The van der Waals surface area contributed by atoms with Gasteiger partial charge in [-0.3, -0.25) is 4.79 Å². The molecule has 0 atom stereocenters. The Kier molecular flexibility index (Phi) is 7.42. The number of rotatable bonds is 3. The molecule has 20 heavy (non-hydrogen) atoms. The summed E-state index contributed by atoms with van der Waals surface area (Å²) in [4.78, 5) is 11.6. The molecule has 6 heteroatoms. The van der Waals surface area contributed by atoms with E-state index in [9.17, 15) is 4.79 Å². The van der Waals surface area contributed by atoms with Crippen LogP contribution in [0.3, 0.4) is 0 Å². The fourth-order valence-corrected chi connectivity index (χ4v) is 1.42. The van der Waals surface area contributed by atoms with E-state index in [0.717, 1.165) is 0 Å². The van der Waals surface area contributed by atoms with Gasteiger partial charge in [-0.25, -0.2) is 5.43 Å². The van der Waals surface area contributed by atoms with Gasteiger partial charge in [0.2, 0.25) is 0 Å². The van der Waals surface area contributed by atoms with Crippen molar-refractivity contribution < 1.29 is 24.7 Å². The number of para-hydroxylation sites is 1. The van der Waals surface area contributed by atoms with Crippen molar-refractivity contribution in [2.75, 3.05) is 0 Å². The van der Waals surface area contributed by atoms with Gasteiger partial charge in [0.05, 0.1) is 11.8 Å². The van der Waals surface area contributed by atoms with Crippen LogP contribution in [0, 0.1) is 0 Å². The molecule has 0 aliphatic carbocycles. The van der Waals surface area contributed by atoms with Gasteiger partial charge in [-0.05, 0) is 18.2 Å². The fraction of sp³-hybridized carbons (Fsp3) is 0. The van der Waals surface area contributed by atoms with E-state index in [4.69, 9.17) is 5.11 Å². The summed E-state index contributed by atoms with van der Waals surface area (Å²) in [6.45, 7) is 0. The van der Waals surface area contributed by atoms with Gasteiger partial charge >= 0.3 is 25.0 Å². The third kappa shape index (κ3) is 5.04. The van der Waals surface area contributed by atoms with E-state index in [-0.39, 0.29) is 5.91 Å². The minimum absolute atomic E-state index is 0.269. The Morgan fingerprint density at radius 1 is 1.10 bits per heavy atom. The maximum atomic E-state index is 11.6. The molecule has 0 aliphatic heterocycles. The Morgan fingerprint density at radius 2 is 1.70 bits per heavy atom. The van der Waals surface area contributed by atoms with E-state index in [1.54, 1.807) is 42.5 Å². The summed E-state index contributed by atoms with van der Waals surface area (Å²) in [5, 5.41) is 11.5. The van der Waals surface area contributed by atoms with Gasteiger partial charge in [-0.2, -0.15) is 5.10 Å². The number of hydrazone groups is 1. The summed E-state index contributed by atoms with van der Waals surface area (Å²) in [6, 6.07) is 15.9. The van der Waals surface area contributed by atoms with Crippen molar-refractivity contribution in [3.63, 3.8) is 0 Å². The number of carbonyl (C=O) groups is 1. The van der Waals surface area contributed by atoms with Gasteiger partial charge in [-0.1, -0.05) is 30.3 Å². The third-order valence-corrected chi connectivity index (χ3v) is 2.37. The molecule has 0 unspecified atom stereocenters. The van der Waals surface area contributed by atoms with E-state index in [2.05, 4.69) is 35.5 Å². The molecule has 2 aromatic carbocycles. The van der Waals surface area contributed by atoms with E-state index in [1.165, 1.54) is 6.21 Å². The van der Waals surface area contributed by atoms with Gasteiger partial charge in [0.1, 0.15) is 0 Å². The van der Waals surface area contributed by atoms with Gasteiger partial charge < -0.3 is 5.11 Å². The van der Waals surface area contributed by atoms with E-state index in [1.807, 2.05) is 12.1 Å². The molecule has 105 valence electrons. The van der Waals surface area contributed by atoms with Crippen LogP contribution in [0.5, 0.6) is 5.75 Å². The van der Waals surface area contributed by atoms with Gasteiger partial charge in [0.15, 0.2) is 0 Å². The van der Waals surface area contributed by atoms with Gasteiger partial charge in [-0.15, -0.1) is 0 Å². The summed E-state index contributed by atoms with van der Waals surface area (Å²) in [7, 11) is 4.33. The second kappa shape index (κ2) is 9.14. The molecule has 0 aromatic heterocycles. The summed E-state index contributed by atoms with van der Waals surface area (Å²) in [6.07, 6.45) is 1.46. The second-order valence-electron chi connectivity index (χ2n) is 3.65. The molecule has 0 saturated heterocycles. The Bertz CT molecular complexity index is 576. The predicted molar refractivity (Wildman–Crippen MR) is 76.9 cm³/mol. The summed E-state index contributed by atoms with van der Waals surface area (Å²) in [5.74, 6) is 0.101. The molecule has 3 N–H and O–H groups in total. The first kappa shape index (κ1) is 16.2. The van der Waals surface area contributed by atoms with Crippen LogP contribution < -0.4 is 5.43 Å². The average Bonchev–Trinajstić information content (AvgIpc) is 2.52. The Balaban J connectivity index is 0.000000956. The van der Waals surface area contributed by atoms with Crippen LogP contribution in [0.1, 0.15) is 15.9 Å². The monoisotopic (exact) mass is 335 g/mol. The number of halogens is 1. The van der Waals surface area contributed by atoms with Crippen molar-refractivity contribution in [2.24, 2.45) is 5.10 Å². The molecule has 0 saturated carbocycles. The Labute approximate surface area is 129 Å². The van der Waals surface area contributed by atoms with E-state index in [0.29, 0.717) is 16.9 Å². The van der Waals surface area contributed by atoms with Crippen LogP contribution in [0.4, 0.5) is 0 Å². The zero-order valence-corrected chi connectivity index (χ0v) is 12.1. The van der Waals surface area contributed by atoms with Gasteiger partial charge in [0, 0.05) is 11.6 Å². The molecular weight excluding hydrogens is 323 g/mol. The van der Waals surface area contributed by atoms with Crippen molar-refractivity contribution in [1.82, 2.24) is 5.43 Å². The molecule has 0 fully saturated rings. The number of nitrogens with one attached hydrogen (secondary N) is 1. The predicted octanol–water partition coefficient (Wildman–Crippen LogP) is 2.58. The number of hydrogen-bond acceptors (Lipinski definition) is 2. The molecule has 1 amide bonds. The zero-order chi connectivity index (χ0) is 14.8. The molecule has 0 aliphatic rings. The fourth-order valence-electron chi connectivity index (χ4n) is 1.42. The van der Waals surface area contributed by atoms with Crippen LogP contribution in [0.2, 0.25) is 0 Å². The number of amides is 1. The molecule has 4 nitrogen and oxygen atoms in total. The molecule has 0 spiro atoms. The molecule has 2 rings (SSSR count). The number of hydrogen-bond donors (Lipinski definition) is 1. The molecule has 0 heterocycles. The minimum atomic E-state index is -0.269. The summed E-state index contributed by atoms with van der Waals surface area (Å²) >= 11 is 3.03. The van der Waals surface area contributed by atoms with Crippen molar-refractivity contribution in [3.8, 4) is 5.75 Å². The van der Waals surface area contributed by atoms with Crippen LogP contribution in [-0.4, -0.2) is 17.2 Å². The van der Waals surface area contributed by atoms with Crippen LogP contribution in [0.25, 0.3) is 0 Å². The van der Waals surface area contributed by atoms with Crippen molar-refractivity contribution in [3.05, 3.63) is 65.7 Å². The first-order valence-electron chi connectivity index (χ1n) is 5.59. The van der Waals surface area contributed by atoms with Crippen molar-refractivity contribution in [2.45, 2.75) is 0 Å². The van der Waals surface area contributed by atoms with Crippen LogP contribution >= 0.6 is 10.1 Å². The van der Waals surface area contributed by atoms with E-state index < -0.39 is 0 Å². The Morgan fingerprint density at radius 3 is 2.35 bits per heavy atom. The van der Waals surface area contributed by atoms with Gasteiger partial charge in [0.25, 0.3) is 11.7 Å². The Hall–Kier alpha value is -1.82. The number of benzene rings is 2. The summed E-state index contributed by atoms with van der Waals surface area (Å²) < 4.78 is 0. The topological polar surface area (TPSA) is 64.4 Å². The second-order valence-corrected chi connectivity index (χ2v) is 3.65. The van der Waals surface area contributed by atoms with Crippen LogP contribution in [0.15, 0.2) is 59.7 Å². The van der Waals surface area contributed by atoms with E-state index >= 15 is 0 Å². The zero-order valence-electron chi connectivity index (χ0n) is 10.3. The summed E-state index contributed by atoms with van der Waals surface area (Å²) in [5.41, 5.74) is 3.63. The maximum absolute atomic E-state index is 11.6. The van der Waals surface area contributed by atoms with Crippen molar-refractivity contribution in [1.29, 1.82) is 0 Å². The van der Waals surface area contributed by atoms with Crippen molar-refractivity contribution >= 4 is 22.3 Å². The standard InChI is InChI=1S/C14H12N2O2.ClH.Co/c17-13-9-5-4-8-12(13)10-15-16-14(18)11-6-2-1-3-7-11;;/h1-10,17H,(H,16,18);1H;/q;;+2. The SMILES string of the molecule is O=C(NN=Cc1ccccc1[OH2+])c1ccccc1.[Cl][Co+]. The molecule has 0 radical (unpaired) electrons. The first-order valence-corrected chi connectivity index (χ1v) is 7.02. The molecule has 0 bridgehead atoms. The third-order valence-electron chi connectivity index (χ3n) is 2.37. The first-order chi connectivity index (χ1) is 9.77. The quantitative estimate of drug-likeness (QED) is 0.523. The van der Waals surface area contributed by atoms with Crippen LogP contribution in [-0.2, 0) is 14.8 Å². The normalized spacial score (nSPS) is 9.70. The number of carbonyl (C=O) groups excluding carboxylic acids is 1. The molecular formula is C14H13ClCoN2O2+2. The average molecular weight is 336 g/mol. The molecule has 2 aromatic rings. The number of nitrogens with zero attached hydrogens (tertiary/aromatic N) is 1.